The zero-order valence-corrected chi connectivity index (χ0v) is 12.5. The van der Waals surface area contributed by atoms with Gasteiger partial charge in [-0.2, -0.15) is 0 Å². The van der Waals surface area contributed by atoms with Gasteiger partial charge in [0.05, 0.1) is 0 Å². The van der Waals surface area contributed by atoms with Crippen LogP contribution in [0.2, 0.25) is 0 Å². The third-order valence-electron chi connectivity index (χ3n) is 3.77. The molecule has 0 aliphatic carbocycles. The topological polar surface area (TPSA) is 49.4 Å². The van der Waals surface area contributed by atoms with E-state index in [9.17, 15) is 18.4 Å². The highest BCUT2D eigenvalue weighted by Gasteiger charge is 2.50. The highest BCUT2D eigenvalue weighted by molar-refractivity contribution is 6.01. The Morgan fingerprint density at radius 2 is 1.76 bits per heavy atom. The van der Waals surface area contributed by atoms with Gasteiger partial charge in [-0.15, -0.1) is 0 Å². The van der Waals surface area contributed by atoms with Gasteiger partial charge < -0.3 is 10.2 Å². The lowest BCUT2D eigenvalue weighted by Crippen LogP contribution is -2.71. The monoisotopic (exact) mass is 296 g/mol. The van der Waals surface area contributed by atoms with Gasteiger partial charge in [0.2, 0.25) is 11.8 Å². The molecule has 1 fully saturated rings. The van der Waals surface area contributed by atoms with Crippen LogP contribution in [0.25, 0.3) is 0 Å². The number of nitrogens with zero attached hydrogens (tertiary/aromatic N) is 1. The fourth-order valence-corrected chi connectivity index (χ4v) is 2.31. The average Bonchev–Trinajstić information content (AvgIpc) is 2.36. The molecule has 0 bridgehead atoms. The third-order valence-corrected chi connectivity index (χ3v) is 3.77. The standard InChI is InChI=1S/C15H18F2N2O2/c1-14(2)13(21)19(15(3,4)12(20)18-14)8-9-7-10(16)5-6-11(9)17/h5-7H,8H2,1-4H3,(H,18,20). The Labute approximate surface area is 122 Å². The summed E-state index contributed by atoms with van der Waals surface area (Å²) in [6, 6.07) is 3.06. The van der Waals surface area contributed by atoms with Gasteiger partial charge in [0.15, 0.2) is 0 Å². The molecule has 1 aliphatic heterocycles. The molecule has 0 saturated carbocycles. The van der Waals surface area contributed by atoms with Crippen LogP contribution >= 0.6 is 0 Å². The Morgan fingerprint density at radius 1 is 1.14 bits per heavy atom. The molecule has 6 heteroatoms. The van der Waals surface area contributed by atoms with Crippen molar-refractivity contribution in [2.75, 3.05) is 0 Å². The number of carbonyl (C=O) groups excluding carboxylic acids is 2. The maximum Gasteiger partial charge on any atom is 0.248 e. The van der Waals surface area contributed by atoms with E-state index in [1.54, 1.807) is 27.7 Å². The van der Waals surface area contributed by atoms with Crippen LogP contribution in [-0.2, 0) is 16.1 Å². The molecule has 1 saturated heterocycles. The molecule has 114 valence electrons. The van der Waals surface area contributed by atoms with Crippen molar-refractivity contribution >= 4 is 11.8 Å². The summed E-state index contributed by atoms with van der Waals surface area (Å²) in [7, 11) is 0. The van der Waals surface area contributed by atoms with Gasteiger partial charge in [-0.3, -0.25) is 9.59 Å². The van der Waals surface area contributed by atoms with Crippen LogP contribution in [0.4, 0.5) is 8.78 Å². The summed E-state index contributed by atoms with van der Waals surface area (Å²) in [6.45, 7) is 6.15. The van der Waals surface area contributed by atoms with Gasteiger partial charge in [-0.05, 0) is 45.9 Å². The lowest BCUT2D eigenvalue weighted by molar-refractivity contribution is -0.160. The van der Waals surface area contributed by atoms with E-state index in [2.05, 4.69) is 5.32 Å². The molecule has 1 aromatic carbocycles. The molecule has 1 N–H and O–H groups in total. The first-order valence-electron chi connectivity index (χ1n) is 6.64. The fraction of sp³-hybridized carbons (Fsp3) is 0.467. The van der Waals surface area contributed by atoms with Crippen molar-refractivity contribution in [1.82, 2.24) is 10.2 Å². The van der Waals surface area contributed by atoms with Gasteiger partial charge >= 0.3 is 0 Å². The average molecular weight is 296 g/mol. The Bertz CT molecular complexity index is 612. The molecular weight excluding hydrogens is 278 g/mol. The first kappa shape index (κ1) is 15.4. The van der Waals surface area contributed by atoms with Crippen LogP contribution in [0.1, 0.15) is 33.3 Å². The predicted molar refractivity (Wildman–Crippen MR) is 73.2 cm³/mol. The van der Waals surface area contributed by atoms with E-state index in [4.69, 9.17) is 0 Å². The maximum absolute atomic E-state index is 13.8. The van der Waals surface area contributed by atoms with Crippen LogP contribution in [0.3, 0.4) is 0 Å². The summed E-state index contributed by atoms with van der Waals surface area (Å²) < 4.78 is 27.1. The fourth-order valence-electron chi connectivity index (χ4n) is 2.31. The molecular formula is C15H18F2N2O2. The number of rotatable bonds is 2. The van der Waals surface area contributed by atoms with Crippen molar-refractivity contribution in [2.24, 2.45) is 0 Å². The lowest BCUT2D eigenvalue weighted by Gasteiger charge is -2.47. The van der Waals surface area contributed by atoms with Gasteiger partial charge in [0.25, 0.3) is 0 Å². The second-order valence-corrected chi connectivity index (χ2v) is 6.27. The molecule has 0 aromatic heterocycles. The van der Waals surface area contributed by atoms with E-state index in [-0.39, 0.29) is 23.9 Å². The van der Waals surface area contributed by atoms with E-state index in [1.165, 1.54) is 4.90 Å². The summed E-state index contributed by atoms with van der Waals surface area (Å²) in [5.41, 5.74) is -2.16. The maximum atomic E-state index is 13.8. The lowest BCUT2D eigenvalue weighted by atomic mass is 9.89. The summed E-state index contributed by atoms with van der Waals surface area (Å²) in [4.78, 5) is 25.9. The highest BCUT2D eigenvalue weighted by atomic mass is 19.1. The van der Waals surface area contributed by atoms with Crippen molar-refractivity contribution in [2.45, 2.75) is 45.3 Å². The second-order valence-electron chi connectivity index (χ2n) is 6.27. The largest absolute Gasteiger partial charge is 0.340 e. The van der Waals surface area contributed by atoms with Gasteiger partial charge in [0.1, 0.15) is 22.7 Å². The van der Waals surface area contributed by atoms with Crippen molar-refractivity contribution in [3.63, 3.8) is 0 Å². The van der Waals surface area contributed by atoms with Crippen molar-refractivity contribution in [3.05, 3.63) is 35.4 Å². The predicted octanol–water partition coefficient (Wildman–Crippen LogP) is 1.98. The molecule has 0 atom stereocenters. The number of piperazine rings is 1. The summed E-state index contributed by atoms with van der Waals surface area (Å²) in [5.74, 6) is -1.86. The van der Waals surface area contributed by atoms with E-state index >= 15 is 0 Å². The molecule has 4 nitrogen and oxygen atoms in total. The molecule has 0 radical (unpaired) electrons. The van der Waals surface area contributed by atoms with Crippen molar-refractivity contribution < 1.29 is 18.4 Å². The minimum Gasteiger partial charge on any atom is -0.340 e. The summed E-state index contributed by atoms with van der Waals surface area (Å²) in [6.07, 6.45) is 0. The first-order valence-corrected chi connectivity index (χ1v) is 6.64. The van der Waals surface area contributed by atoms with E-state index in [0.717, 1.165) is 18.2 Å². The molecule has 2 rings (SSSR count). The molecule has 1 heterocycles. The van der Waals surface area contributed by atoms with E-state index in [1.807, 2.05) is 0 Å². The molecule has 2 amide bonds. The number of carbonyl (C=O) groups is 2. The summed E-state index contributed by atoms with van der Waals surface area (Å²) >= 11 is 0. The second kappa shape index (κ2) is 4.79. The molecule has 0 spiro atoms. The minimum atomic E-state index is -1.13. The minimum absolute atomic E-state index is 0.0434. The Hall–Kier alpha value is -1.98. The first-order chi connectivity index (χ1) is 9.55. The Balaban J connectivity index is 2.41. The highest BCUT2D eigenvalue weighted by Crippen LogP contribution is 2.28. The third kappa shape index (κ3) is 2.62. The molecule has 1 aromatic rings. The number of amides is 2. The quantitative estimate of drug-likeness (QED) is 0.907. The number of hydrogen-bond donors (Lipinski definition) is 1. The van der Waals surface area contributed by atoms with Crippen LogP contribution < -0.4 is 5.32 Å². The zero-order chi connectivity index (χ0) is 16.0. The number of halogens is 2. The Morgan fingerprint density at radius 3 is 2.38 bits per heavy atom. The van der Waals surface area contributed by atoms with Gasteiger partial charge in [-0.1, -0.05) is 0 Å². The number of benzene rings is 1. The molecule has 21 heavy (non-hydrogen) atoms. The zero-order valence-electron chi connectivity index (χ0n) is 12.5. The van der Waals surface area contributed by atoms with Gasteiger partial charge in [0, 0.05) is 12.1 Å². The smallest absolute Gasteiger partial charge is 0.248 e. The van der Waals surface area contributed by atoms with Crippen LogP contribution in [0.15, 0.2) is 18.2 Å². The Kier molecular flexibility index (Phi) is 3.51. The van der Waals surface area contributed by atoms with Crippen molar-refractivity contribution in [3.8, 4) is 0 Å². The van der Waals surface area contributed by atoms with Crippen LogP contribution in [0.5, 0.6) is 0 Å². The summed E-state index contributed by atoms with van der Waals surface area (Å²) in [5, 5.41) is 2.64. The van der Waals surface area contributed by atoms with E-state index in [0.29, 0.717) is 0 Å². The molecule has 1 aliphatic rings. The van der Waals surface area contributed by atoms with Crippen LogP contribution in [0, 0.1) is 11.6 Å². The SMILES string of the molecule is CC1(C)NC(=O)C(C)(C)N(Cc2cc(F)ccc2F)C1=O. The van der Waals surface area contributed by atoms with Crippen LogP contribution in [-0.4, -0.2) is 27.8 Å². The van der Waals surface area contributed by atoms with Gasteiger partial charge in [-0.25, -0.2) is 8.78 Å². The number of nitrogens with one attached hydrogen (secondary N) is 1. The molecule has 0 unspecified atom stereocenters. The van der Waals surface area contributed by atoms with Crippen molar-refractivity contribution in [1.29, 1.82) is 0 Å². The van der Waals surface area contributed by atoms with E-state index < -0.39 is 22.7 Å². The normalized spacial score (nSPS) is 20.4. The number of hydrogen-bond acceptors (Lipinski definition) is 2.